The van der Waals surface area contributed by atoms with Crippen molar-refractivity contribution in [3.63, 3.8) is 0 Å². The molecule has 31 heavy (non-hydrogen) atoms. The molecule has 0 unspecified atom stereocenters. The summed E-state index contributed by atoms with van der Waals surface area (Å²) in [4.78, 5) is 24.1. The van der Waals surface area contributed by atoms with Crippen LogP contribution in [0.4, 0.5) is 11.4 Å². The number of hydrogen-bond acceptors (Lipinski definition) is 5. The molecule has 8 heteroatoms. The zero-order valence-electron chi connectivity index (χ0n) is 17.3. The van der Waals surface area contributed by atoms with E-state index >= 15 is 0 Å². The minimum atomic E-state index is -3.75. The molecule has 3 rings (SSSR count). The van der Waals surface area contributed by atoms with Gasteiger partial charge in [0.2, 0.25) is 0 Å². The molecule has 0 fully saturated rings. The normalized spacial score (nSPS) is 10.9. The standard InChI is InChI=1S/C23H22N2O5S/c1-15-4-5-16(2)21(14-15)31(28,29)25-20-12-6-17(7-13-20)22(26)24-19-10-8-18(9-11-19)23(27)30-3/h4-14,25H,1-3H3,(H,24,26). The smallest absolute Gasteiger partial charge is 0.337 e. The molecule has 0 bridgehead atoms. The maximum atomic E-state index is 12.7. The quantitative estimate of drug-likeness (QED) is 0.563. The van der Waals surface area contributed by atoms with Crippen LogP contribution in [0.25, 0.3) is 0 Å². The topological polar surface area (TPSA) is 102 Å². The molecule has 0 spiro atoms. The van der Waals surface area contributed by atoms with Gasteiger partial charge in [0.05, 0.1) is 17.6 Å². The predicted molar refractivity (Wildman–Crippen MR) is 119 cm³/mol. The number of ether oxygens (including phenoxy) is 1. The molecule has 0 atom stereocenters. The molecule has 0 aliphatic carbocycles. The van der Waals surface area contributed by atoms with Gasteiger partial charge in [-0.15, -0.1) is 0 Å². The predicted octanol–water partition coefficient (Wildman–Crippen LogP) is 4.14. The Morgan fingerprint density at radius 3 is 2.00 bits per heavy atom. The number of carbonyl (C=O) groups is 2. The van der Waals surface area contributed by atoms with Gasteiger partial charge in [-0.25, -0.2) is 13.2 Å². The minimum absolute atomic E-state index is 0.213. The minimum Gasteiger partial charge on any atom is -0.465 e. The molecule has 0 saturated carbocycles. The number of rotatable bonds is 6. The van der Waals surface area contributed by atoms with E-state index in [2.05, 4.69) is 14.8 Å². The molecule has 1 amide bonds. The van der Waals surface area contributed by atoms with Crippen molar-refractivity contribution >= 4 is 33.3 Å². The summed E-state index contributed by atoms with van der Waals surface area (Å²) in [5.41, 5.74) is 3.08. The third-order valence-electron chi connectivity index (χ3n) is 4.60. The van der Waals surface area contributed by atoms with Crippen LogP contribution in [0.1, 0.15) is 31.8 Å². The van der Waals surface area contributed by atoms with Gasteiger partial charge in [-0.3, -0.25) is 9.52 Å². The summed E-state index contributed by atoms with van der Waals surface area (Å²) in [7, 11) is -2.45. The highest BCUT2D eigenvalue weighted by Crippen LogP contribution is 2.21. The Morgan fingerprint density at radius 1 is 0.806 bits per heavy atom. The first-order valence-electron chi connectivity index (χ1n) is 9.39. The molecule has 0 aromatic heterocycles. The van der Waals surface area contributed by atoms with Crippen molar-refractivity contribution < 1.29 is 22.7 Å². The van der Waals surface area contributed by atoms with E-state index in [1.54, 1.807) is 43.3 Å². The first-order valence-corrected chi connectivity index (χ1v) is 10.9. The van der Waals surface area contributed by atoms with Crippen LogP contribution in [-0.4, -0.2) is 27.4 Å². The van der Waals surface area contributed by atoms with Gasteiger partial charge in [-0.2, -0.15) is 0 Å². The second-order valence-electron chi connectivity index (χ2n) is 6.97. The summed E-state index contributed by atoms with van der Waals surface area (Å²) < 4.78 is 32.6. The van der Waals surface area contributed by atoms with Gasteiger partial charge < -0.3 is 10.1 Å². The van der Waals surface area contributed by atoms with Crippen LogP contribution in [-0.2, 0) is 14.8 Å². The first kappa shape index (κ1) is 22.0. The fourth-order valence-electron chi connectivity index (χ4n) is 2.91. The number of methoxy groups -OCH3 is 1. The fraction of sp³-hybridized carbons (Fsp3) is 0.130. The van der Waals surface area contributed by atoms with Gasteiger partial charge in [0, 0.05) is 16.9 Å². The zero-order chi connectivity index (χ0) is 22.6. The summed E-state index contributed by atoms with van der Waals surface area (Å²) >= 11 is 0. The summed E-state index contributed by atoms with van der Waals surface area (Å²) in [6.45, 7) is 3.56. The Kier molecular flexibility index (Phi) is 6.41. The summed E-state index contributed by atoms with van der Waals surface area (Å²) in [6.07, 6.45) is 0. The lowest BCUT2D eigenvalue weighted by molar-refractivity contribution is 0.0600. The van der Waals surface area contributed by atoms with Crippen LogP contribution < -0.4 is 10.0 Å². The largest absolute Gasteiger partial charge is 0.465 e. The fourth-order valence-corrected chi connectivity index (χ4v) is 4.30. The molecule has 160 valence electrons. The highest BCUT2D eigenvalue weighted by atomic mass is 32.2. The van der Waals surface area contributed by atoms with E-state index in [1.165, 1.54) is 31.4 Å². The van der Waals surface area contributed by atoms with E-state index in [0.717, 1.165) is 5.56 Å². The van der Waals surface area contributed by atoms with Crippen LogP contribution in [0.2, 0.25) is 0 Å². The third kappa shape index (κ3) is 5.29. The first-order chi connectivity index (χ1) is 14.7. The molecular formula is C23H22N2O5S. The Bertz CT molecular complexity index is 1220. The van der Waals surface area contributed by atoms with E-state index in [0.29, 0.717) is 28.1 Å². The van der Waals surface area contributed by atoms with E-state index < -0.39 is 16.0 Å². The Morgan fingerprint density at radius 2 is 1.39 bits per heavy atom. The van der Waals surface area contributed by atoms with Gasteiger partial charge in [0.25, 0.3) is 15.9 Å². The molecule has 0 aliphatic rings. The molecule has 0 aliphatic heterocycles. The lowest BCUT2D eigenvalue weighted by Gasteiger charge is -2.12. The van der Waals surface area contributed by atoms with E-state index in [9.17, 15) is 18.0 Å². The van der Waals surface area contributed by atoms with Crippen LogP contribution in [0.3, 0.4) is 0 Å². The zero-order valence-corrected chi connectivity index (χ0v) is 18.1. The van der Waals surface area contributed by atoms with Crippen LogP contribution >= 0.6 is 0 Å². The number of esters is 1. The second-order valence-corrected chi connectivity index (χ2v) is 8.63. The summed E-state index contributed by atoms with van der Waals surface area (Å²) in [5, 5.41) is 2.72. The molecule has 3 aromatic carbocycles. The summed E-state index contributed by atoms with van der Waals surface area (Å²) in [6, 6.07) is 17.6. The molecule has 0 saturated heterocycles. The molecule has 2 N–H and O–H groups in total. The molecule has 0 radical (unpaired) electrons. The number of nitrogens with one attached hydrogen (secondary N) is 2. The van der Waals surface area contributed by atoms with E-state index in [4.69, 9.17) is 0 Å². The highest BCUT2D eigenvalue weighted by Gasteiger charge is 2.17. The SMILES string of the molecule is COC(=O)c1ccc(NC(=O)c2ccc(NS(=O)(=O)c3cc(C)ccc3C)cc2)cc1. The Labute approximate surface area is 181 Å². The lowest BCUT2D eigenvalue weighted by atomic mass is 10.1. The average molecular weight is 439 g/mol. The molecule has 0 heterocycles. The van der Waals surface area contributed by atoms with Gasteiger partial charge in [0.15, 0.2) is 0 Å². The molecule has 7 nitrogen and oxygen atoms in total. The van der Waals surface area contributed by atoms with Gasteiger partial charge >= 0.3 is 5.97 Å². The number of sulfonamides is 1. The number of benzene rings is 3. The van der Waals surface area contributed by atoms with E-state index in [-0.39, 0.29) is 10.8 Å². The van der Waals surface area contributed by atoms with Crippen molar-refractivity contribution in [2.75, 3.05) is 17.1 Å². The van der Waals surface area contributed by atoms with Crippen molar-refractivity contribution in [2.45, 2.75) is 18.7 Å². The van der Waals surface area contributed by atoms with Crippen molar-refractivity contribution in [1.82, 2.24) is 0 Å². The summed E-state index contributed by atoms with van der Waals surface area (Å²) in [5.74, 6) is -0.827. The third-order valence-corrected chi connectivity index (χ3v) is 6.12. The van der Waals surface area contributed by atoms with E-state index in [1.807, 2.05) is 13.0 Å². The number of aryl methyl sites for hydroxylation is 2. The number of anilines is 2. The van der Waals surface area contributed by atoms with Crippen molar-refractivity contribution in [1.29, 1.82) is 0 Å². The number of carbonyl (C=O) groups excluding carboxylic acids is 2. The number of hydrogen-bond donors (Lipinski definition) is 2. The maximum absolute atomic E-state index is 12.7. The van der Waals surface area contributed by atoms with Gasteiger partial charge in [-0.05, 0) is 79.6 Å². The van der Waals surface area contributed by atoms with Crippen LogP contribution in [0.15, 0.2) is 71.6 Å². The second kappa shape index (κ2) is 9.01. The molecule has 3 aromatic rings. The monoisotopic (exact) mass is 438 g/mol. The highest BCUT2D eigenvalue weighted by molar-refractivity contribution is 7.92. The van der Waals surface area contributed by atoms with Gasteiger partial charge in [-0.1, -0.05) is 12.1 Å². The average Bonchev–Trinajstić information content (AvgIpc) is 2.75. The Hall–Kier alpha value is -3.65. The maximum Gasteiger partial charge on any atom is 0.337 e. The molecular weight excluding hydrogens is 416 g/mol. The van der Waals surface area contributed by atoms with Gasteiger partial charge in [0.1, 0.15) is 0 Å². The lowest BCUT2D eigenvalue weighted by Crippen LogP contribution is -2.15. The number of amides is 1. The van der Waals surface area contributed by atoms with Crippen LogP contribution in [0, 0.1) is 13.8 Å². The van der Waals surface area contributed by atoms with Crippen LogP contribution in [0.5, 0.6) is 0 Å². The Balaban J connectivity index is 1.70. The van der Waals surface area contributed by atoms with Crippen molar-refractivity contribution in [2.24, 2.45) is 0 Å². The van der Waals surface area contributed by atoms with Crippen molar-refractivity contribution in [3.05, 3.63) is 89.0 Å². The van der Waals surface area contributed by atoms with Crippen molar-refractivity contribution in [3.8, 4) is 0 Å².